The van der Waals surface area contributed by atoms with Crippen LogP contribution >= 0.6 is 0 Å². The zero-order chi connectivity index (χ0) is 15.5. The summed E-state index contributed by atoms with van der Waals surface area (Å²) in [5.41, 5.74) is 0. The van der Waals surface area contributed by atoms with Crippen LogP contribution in [-0.4, -0.2) is 60.4 Å². The normalized spacial score (nSPS) is 28.2. The van der Waals surface area contributed by atoms with Crippen molar-refractivity contribution in [2.24, 2.45) is 5.92 Å². The van der Waals surface area contributed by atoms with Crippen molar-refractivity contribution in [2.75, 3.05) is 26.7 Å². The van der Waals surface area contributed by atoms with Crippen LogP contribution in [0.4, 0.5) is 0 Å². The minimum Gasteiger partial charge on any atom is -0.358 e. The Morgan fingerprint density at radius 1 is 0.955 bits per heavy atom. The summed E-state index contributed by atoms with van der Waals surface area (Å²) in [6.07, 6.45) is 9.04. The Labute approximate surface area is 133 Å². The molecule has 1 aliphatic carbocycles. The number of amides is 2. The van der Waals surface area contributed by atoms with E-state index in [4.69, 9.17) is 0 Å². The Bertz CT molecular complexity index is 416. The van der Waals surface area contributed by atoms with E-state index in [2.05, 4.69) is 10.2 Å². The quantitative estimate of drug-likeness (QED) is 0.854. The SMILES string of the molecule is CNC(=O)C(C1CCCCC1)N1CCCC1C(=O)N1CCC1. The van der Waals surface area contributed by atoms with E-state index in [0.717, 1.165) is 51.7 Å². The van der Waals surface area contributed by atoms with E-state index in [9.17, 15) is 9.59 Å². The van der Waals surface area contributed by atoms with Gasteiger partial charge in [0, 0.05) is 20.1 Å². The average Bonchev–Trinajstić information content (AvgIpc) is 2.95. The van der Waals surface area contributed by atoms with Gasteiger partial charge in [0.15, 0.2) is 0 Å². The van der Waals surface area contributed by atoms with Gasteiger partial charge in [0.2, 0.25) is 11.8 Å². The molecule has 0 aromatic carbocycles. The number of hydrogen-bond acceptors (Lipinski definition) is 3. The molecule has 3 rings (SSSR count). The topological polar surface area (TPSA) is 52.7 Å². The smallest absolute Gasteiger partial charge is 0.239 e. The van der Waals surface area contributed by atoms with Gasteiger partial charge in [0.05, 0.1) is 12.1 Å². The summed E-state index contributed by atoms with van der Waals surface area (Å²) < 4.78 is 0. The highest BCUT2D eigenvalue weighted by Crippen LogP contribution is 2.33. The Balaban J connectivity index is 1.75. The monoisotopic (exact) mass is 307 g/mol. The molecule has 0 spiro atoms. The lowest BCUT2D eigenvalue weighted by atomic mass is 9.82. The fourth-order valence-electron chi connectivity index (χ4n) is 4.37. The van der Waals surface area contributed by atoms with E-state index < -0.39 is 0 Å². The van der Waals surface area contributed by atoms with E-state index >= 15 is 0 Å². The second-order valence-corrected chi connectivity index (χ2v) is 7.03. The van der Waals surface area contributed by atoms with Crippen molar-refractivity contribution in [2.45, 2.75) is 63.5 Å². The second kappa shape index (κ2) is 6.99. The standard InChI is InChI=1S/C17H29N3O2/c1-18-16(21)15(13-7-3-2-4-8-13)20-12-5-9-14(20)17(22)19-10-6-11-19/h13-15H,2-12H2,1H3,(H,18,21). The highest BCUT2D eigenvalue weighted by atomic mass is 16.2. The zero-order valence-electron chi connectivity index (χ0n) is 13.7. The Kier molecular flexibility index (Phi) is 5.01. The maximum atomic E-state index is 12.7. The van der Waals surface area contributed by atoms with Crippen LogP contribution in [-0.2, 0) is 9.59 Å². The van der Waals surface area contributed by atoms with Crippen LogP contribution in [0.5, 0.6) is 0 Å². The maximum absolute atomic E-state index is 12.7. The molecule has 124 valence electrons. The summed E-state index contributed by atoms with van der Waals surface area (Å²) in [4.78, 5) is 29.4. The number of nitrogens with zero attached hydrogens (tertiary/aromatic N) is 2. The van der Waals surface area contributed by atoms with Gasteiger partial charge in [0.1, 0.15) is 0 Å². The Morgan fingerprint density at radius 2 is 1.68 bits per heavy atom. The number of likely N-dealkylation sites (N-methyl/N-ethyl adjacent to an activating group) is 1. The first kappa shape index (κ1) is 15.8. The lowest BCUT2D eigenvalue weighted by molar-refractivity contribution is -0.142. The predicted octanol–water partition coefficient (Wildman–Crippen LogP) is 1.38. The number of rotatable bonds is 4. The van der Waals surface area contributed by atoms with Crippen molar-refractivity contribution in [1.29, 1.82) is 0 Å². The third kappa shape index (κ3) is 3.00. The molecule has 0 aromatic rings. The number of hydrogen-bond donors (Lipinski definition) is 1. The van der Waals surface area contributed by atoms with Gasteiger partial charge >= 0.3 is 0 Å². The fraction of sp³-hybridized carbons (Fsp3) is 0.882. The van der Waals surface area contributed by atoms with Crippen molar-refractivity contribution in [3.63, 3.8) is 0 Å². The first-order valence-electron chi connectivity index (χ1n) is 8.98. The van der Waals surface area contributed by atoms with Gasteiger partial charge in [0.25, 0.3) is 0 Å². The van der Waals surface area contributed by atoms with Gasteiger partial charge in [-0.1, -0.05) is 19.3 Å². The molecule has 22 heavy (non-hydrogen) atoms. The molecule has 2 heterocycles. The predicted molar refractivity (Wildman–Crippen MR) is 85.4 cm³/mol. The number of carbonyl (C=O) groups excluding carboxylic acids is 2. The molecule has 2 aliphatic heterocycles. The minimum absolute atomic E-state index is 0.0653. The van der Waals surface area contributed by atoms with Crippen molar-refractivity contribution in [1.82, 2.24) is 15.1 Å². The molecule has 2 unspecified atom stereocenters. The summed E-state index contributed by atoms with van der Waals surface area (Å²) >= 11 is 0. The van der Waals surface area contributed by atoms with Crippen molar-refractivity contribution >= 4 is 11.8 Å². The molecule has 2 amide bonds. The molecule has 5 nitrogen and oxygen atoms in total. The molecule has 2 saturated heterocycles. The molecule has 1 saturated carbocycles. The van der Waals surface area contributed by atoms with Gasteiger partial charge in [-0.15, -0.1) is 0 Å². The van der Waals surface area contributed by atoms with Crippen molar-refractivity contribution in [3.8, 4) is 0 Å². The van der Waals surface area contributed by atoms with Crippen LogP contribution in [0.1, 0.15) is 51.4 Å². The molecule has 3 fully saturated rings. The molecule has 0 bridgehead atoms. The van der Waals surface area contributed by atoms with E-state index in [1.807, 2.05) is 4.90 Å². The van der Waals surface area contributed by atoms with Crippen LogP contribution in [0.3, 0.4) is 0 Å². The highest BCUT2D eigenvalue weighted by Gasteiger charge is 2.43. The fourth-order valence-corrected chi connectivity index (χ4v) is 4.37. The summed E-state index contributed by atoms with van der Waals surface area (Å²) in [6.45, 7) is 2.69. The molecular weight excluding hydrogens is 278 g/mol. The van der Waals surface area contributed by atoms with Crippen LogP contribution < -0.4 is 5.32 Å². The van der Waals surface area contributed by atoms with E-state index in [1.165, 1.54) is 19.3 Å². The van der Waals surface area contributed by atoms with E-state index in [1.54, 1.807) is 7.05 Å². The largest absolute Gasteiger partial charge is 0.358 e. The Morgan fingerprint density at radius 3 is 2.27 bits per heavy atom. The summed E-state index contributed by atoms with van der Waals surface area (Å²) in [5, 5.41) is 2.85. The molecule has 0 radical (unpaired) electrons. The maximum Gasteiger partial charge on any atom is 0.239 e. The van der Waals surface area contributed by atoms with Gasteiger partial charge in [-0.2, -0.15) is 0 Å². The number of nitrogens with one attached hydrogen (secondary N) is 1. The van der Waals surface area contributed by atoms with Gasteiger partial charge < -0.3 is 10.2 Å². The highest BCUT2D eigenvalue weighted by molar-refractivity contribution is 5.86. The molecular formula is C17H29N3O2. The van der Waals surface area contributed by atoms with Crippen molar-refractivity contribution in [3.05, 3.63) is 0 Å². The summed E-state index contributed by atoms with van der Waals surface area (Å²) in [5.74, 6) is 0.780. The van der Waals surface area contributed by atoms with Gasteiger partial charge in [-0.25, -0.2) is 0 Å². The first-order chi connectivity index (χ1) is 10.7. The second-order valence-electron chi connectivity index (χ2n) is 7.03. The van der Waals surface area contributed by atoms with Crippen molar-refractivity contribution < 1.29 is 9.59 Å². The average molecular weight is 307 g/mol. The van der Waals surface area contributed by atoms with Crippen LogP contribution in [0.25, 0.3) is 0 Å². The molecule has 2 atom stereocenters. The summed E-state index contributed by atoms with van der Waals surface area (Å²) in [6, 6.07) is -0.174. The van der Waals surface area contributed by atoms with E-state index in [0.29, 0.717) is 5.92 Å². The number of carbonyl (C=O) groups is 2. The molecule has 3 aliphatic rings. The number of likely N-dealkylation sites (tertiary alicyclic amines) is 2. The minimum atomic E-state index is -0.108. The van der Waals surface area contributed by atoms with Crippen LogP contribution in [0.2, 0.25) is 0 Å². The first-order valence-corrected chi connectivity index (χ1v) is 8.98. The molecule has 0 aromatic heterocycles. The molecule has 1 N–H and O–H groups in total. The third-order valence-electron chi connectivity index (χ3n) is 5.72. The van der Waals surface area contributed by atoms with E-state index in [-0.39, 0.29) is 23.9 Å². The van der Waals surface area contributed by atoms with Gasteiger partial charge in [-0.05, 0) is 44.6 Å². The van der Waals surface area contributed by atoms with Crippen LogP contribution in [0.15, 0.2) is 0 Å². The third-order valence-corrected chi connectivity index (χ3v) is 5.72. The lowest BCUT2D eigenvalue weighted by Gasteiger charge is -2.41. The van der Waals surface area contributed by atoms with Crippen LogP contribution in [0, 0.1) is 5.92 Å². The lowest BCUT2D eigenvalue weighted by Crippen LogP contribution is -2.58. The zero-order valence-corrected chi connectivity index (χ0v) is 13.7. The summed E-state index contributed by atoms with van der Waals surface area (Å²) in [7, 11) is 1.72. The molecule has 5 heteroatoms. The van der Waals surface area contributed by atoms with Gasteiger partial charge in [-0.3, -0.25) is 14.5 Å². The Hall–Kier alpha value is -1.10.